The zero-order valence-corrected chi connectivity index (χ0v) is 16.8. The minimum absolute atomic E-state index is 0.113. The molecular formula is C23H25N5O. The smallest absolute Gasteiger partial charge is 0.255 e. The highest BCUT2D eigenvalue weighted by Crippen LogP contribution is 2.23. The van der Waals surface area contributed by atoms with Gasteiger partial charge in [0.1, 0.15) is 0 Å². The van der Waals surface area contributed by atoms with Gasteiger partial charge in [-0.2, -0.15) is 5.10 Å². The topological polar surface area (TPSA) is 70.2 Å². The molecule has 0 radical (unpaired) electrons. The van der Waals surface area contributed by atoms with Gasteiger partial charge in [-0.15, -0.1) is 5.10 Å². The molecule has 6 heteroatoms. The van der Waals surface area contributed by atoms with Crippen LogP contribution in [0.2, 0.25) is 0 Å². The molecule has 1 amide bonds. The average Bonchev–Trinajstić information content (AvgIpc) is 3.27. The van der Waals surface area contributed by atoms with Crippen LogP contribution in [0.4, 0.5) is 22.9 Å². The van der Waals surface area contributed by atoms with E-state index in [2.05, 4.69) is 25.7 Å². The third-order valence-electron chi connectivity index (χ3n) is 5.30. The number of rotatable bonds is 5. The lowest BCUT2D eigenvalue weighted by molar-refractivity contribution is 0.102. The summed E-state index contributed by atoms with van der Waals surface area (Å²) in [7, 11) is 0. The van der Waals surface area contributed by atoms with E-state index >= 15 is 0 Å². The van der Waals surface area contributed by atoms with Gasteiger partial charge in [-0.25, -0.2) is 0 Å². The standard InChI is InChI=1S/C23H25N5O/c1-16-5-6-18(13-17(16)2)23(29)26-20-9-7-19(8-10-20)25-22-14-21(15-24-27-22)28-11-3-4-12-28/h5-10,13-15H,3-4,11-12H2,1-2H3,(H,25,27)(H,26,29). The second kappa shape index (κ2) is 8.31. The monoisotopic (exact) mass is 387 g/mol. The lowest BCUT2D eigenvalue weighted by Gasteiger charge is -2.17. The number of amides is 1. The van der Waals surface area contributed by atoms with Crippen molar-refractivity contribution in [3.63, 3.8) is 0 Å². The number of aryl methyl sites for hydroxylation is 2. The third kappa shape index (κ3) is 4.54. The summed E-state index contributed by atoms with van der Waals surface area (Å²) in [6.07, 6.45) is 4.25. The van der Waals surface area contributed by atoms with Crippen molar-refractivity contribution in [2.45, 2.75) is 26.7 Å². The fraction of sp³-hybridized carbons (Fsp3) is 0.261. The minimum atomic E-state index is -0.113. The van der Waals surface area contributed by atoms with Crippen molar-refractivity contribution in [1.82, 2.24) is 10.2 Å². The van der Waals surface area contributed by atoms with Crippen LogP contribution < -0.4 is 15.5 Å². The number of hydrogen-bond donors (Lipinski definition) is 2. The number of nitrogens with one attached hydrogen (secondary N) is 2. The van der Waals surface area contributed by atoms with Crippen molar-refractivity contribution in [3.05, 3.63) is 71.4 Å². The van der Waals surface area contributed by atoms with Crippen molar-refractivity contribution in [2.75, 3.05) is 28.6 Å². The van der Waals surface area contributed by atoms with Gasteiger partial charge < -0.3 is 15.5 Å². The molecule has 6 nitrogen and oxygen atoms in total. The second-order valence-corrected chi connectivity index (χ2v) is 7.45. The van der Waals surface area contributed by atoms with Crippen LogP contribution in [0.15, 0.2) is 54.7 Å². The average molecular weight is 387 g/mol. The Kier molecular flexibility index (Phi) is 5.42. The molecule has 0 spiro atoms. The van der Waals surface area contributed by atoms with E-state index in [0.717, 1.165) is 35.7 Å². The Morgan fingerprint density at radius 2 is 1.66 bits per heavy atom. The molecule has 29 heavy (non-hydrogen) atoms. The Morgan fingerprint density at radius 3 is 2.38 bits per heavy atom. The highest BCUT2D eigenvalue weighted by Gasteiger charge is 2.13. The van der Waals surface area contributed by atoms with E-state index in [1.165, 1.54) is 18.4 Å². The van der Waals surface area contributed by atoms with Crippen LogP contribution in [0.1, 0.15) is 34.3 Å². The first-order valence-electron chi connectivity index (χ1n) is 9.92. The molecule has 4 rings (SSSR count). The van der Waals surface area contributed by atoms with Crippen LogP contribution in [0.3, 0.4) is 0 Å². The number of carbonyl (C=O) groups is 1. The molecule has 3 aromatic rings. The van der Waals surface area contributed by atoms with E-state index in [0.29, 0.717) is 11.4 Å². The van der Waals surface area contributed by atoms with E-state index in [1.54, 1.807) is 0 Å². The highest BCUT2D eigenvalue weighted by molar-refractivity contribution is 6.04. The van der Waals surface area contributed by atoms with Crippen molar-refractivity contribution < 1.29 is 4.79 Å². The molecule has 0 saturated carbocycles. The maximum absolute atomic E-state index is 12.5. The predicted molar refractivity (Wildman–Crippen MR) is 117 cm³/mol. The van der Waals surface area contributed by atoms with Gasteiger partial charge in [0.15, 0.2) is 5.82 Å². The van der Waals surface area contributed by atoms with Gasteiger partial charge in [0.05, 0.1) is 11.9 Å². The molecule has 0 aliphatic carbocycles. The molecule has 2 aromatic carbocycles. The number of benzene rings is 2. The van der Waals surface area contributed by atoms with Crippen LogP contribution in [0.5, 0.6) is 0 Å². The maximum Gasteiger partial charge on any atom is 0.255 e. The zero-order valence-electron chi connectivity index (χ0n) is 16.8. The van der Waals surface area contributed by atoms with Gasteiger partial charge in [-0.3, -0.25) is 4.79 Å². The van der Waals surface area contributed by atoms with Crippen molar-refractivity contribution in [2.24, 2.45) is 0 Å². The molecule has 1 aliphatic heterocycles. The third-order valence-corrected chi connectivity index (χ3v) is 5.30. The summed E-state index contributed by atoms with van der Waals surface area (Å²) in [5.41, 5.74) is 5.67. The van der Waals surface area contributed by atoms with E-state index in [-0.39, 0.29) is 5.91 Å². The summed E-state index contributed by atoms with van der Waals surface area (Å²) >= 11 is 0. The van der Waals surface area contributed by atoms with Gasteiger partial charge >= 0.3 is 0 Å². The molecule has 148 valence electrons. The molecule has 1 fully saturated rings. The van der Waals surface area contributed by atoms with Gasteiger partial charge in [-0.1, -0.05) is 6.07 Å². The first kappa shape index (κ1) is 18.9. The summed E-state index contributed by atoms with van der Waals surface area (Å²) in [6.45, 7) is 6.18. The molecule has 1 aromatic heterocycles. The number of carbonyl (C=O) groups excluding carboxylic acids is 1. The Labute approximate surface area is 171 Å². The summed E-state index contributed by atoms with van der Waals surface area (Å²) in [4.78, 5) is 14.8. The first-order chi connectivity index (χ1) is 14.1. The van der Waals surface area contributed by atoms with Crippen molar-refractivity contribution >= 4 is 28.8 Å². The second-order valence-electron chi connectivity index (χ2n) is 7.45. The Bertz CT molecular complexity index is 1010. The van der Waals surface area contributed by atoms with Crippen molar-refractivity contribution in [1.29, 1.82) is 0 Å². The molecule has 2 N–H and O–H groups in total. The Morgan fingerprint density at radius 1 is 0.931 bits per heavy atom. The molecule has 0 bridgehead atoms. The maximum atomic E-state index is 12.5. The fourth-order valence-electron chi connectivity index (χ4n) is 3.44. The zero-order chi connectivity index (χ0) is 20.2. The number of anilines is 4. The van der Waals surface area contributed by atoms with Gasteiger partial charge in [0, 0.05) is 36.1 Å². The molecule has 1 aliphatic rings. The van der Waals surface area contributed by atoms with E-state index in [9.17, 15) is 4.79 Å². The lowest BCUT2D eigenvalue weighted by Crippen LogP contribution is -2.18. The van der Waals surface area contributed by atoms with E-state index in [1.807, 2.05) is 68.6 Å². The SMILES string of the molecule is Cc1ccc(C(=O)Nc2ccc(Nc3cc(N4CCCC4)cnn3)cc2)cc1C. The summed E-state index contributed by atoms with van der Waals surface area (Å²) in [5.74, 6) is 0.597. The normalized spacial score (nSPS) is 13.4. The van der Waals surface area contributed by atoms with Crippen LogP contribution in [-0.4, -0.2) is 29.2 Å². The molecule has 2 heterocycles. The van der Waals surface area contributed by atoms with Gasteiger partial charge in [-0.05, 0) is 74.2 Å². The van der Waals surface area contributed by atoms with Gasteiger partial charge in [0.25, 0.3) is 5.91 Å². The van der Waals surface area contributed by atoms with Crippen LogP contribution in [0, 0.1) is 13.8 Å². The van der Waals surface area contributed by atoms with Crippen molar-refractivity contribution in [3.8, 4) is 0 Å². The highest BCUT2D eigenvalue weighted by atomic mass is 16.1. The number of nitrogens with zero attached hydrogens (tertiary/aromatic N) is 3. The van der Waals surface area contributed by atoms with Crippen LogP contribution in [-0.2, 0) is 0 Å². The summed E-state index contributed by atoms with van der Waals surface area (Å²) in [5, 5.41) is 14.5. The minimum Gasteiger partial charge on any atom is -0.370 e. The summed E-state index contributed by atoms with van der Waals surface area (Å²) < 4.78 is 0. The van der Waals surface area contributed by atoms with Gasteiger partial charge in [0.2, 0.25) is 0 Å². The van der Waals surface area contributed by atoms with E-state index < -0.39 is 0 Å². The first-order valence-corrected chi connectivity index (χ1v) is 9.92. The van der Waals surface area contributed by atoms with Crippen LogP contribution in [0.25, 0.3) is 0 Å². The fourth-order valence-corrected chi connectivity index (χ4v) is 3.44. The largest absolute Gasteiger partial charge is 0.370 e. The lowest BCUT2D eigenvalue weighted by atomic mass is 10.1. The molecular weight excluding hydrogens is 362 g/mol. The molecule has 1 saturated heterocycles. The quantitative estimate of drug-likeness (QED) is 0.665. The number of aromatic nitrogens is 2. The number of hydrogen-bond acceptors (Lipinski definition) is 5. The molecule has 0 unspecified atom stereocenters. The Balaban J connectivity index is 1.41. The Hall–Kier alpha value is -3.41. The van der Waals surface area contributed by atoms with Crippen LogP contribution >= 0.6 is 0 Å². The summed E-state index contributed by atoms with van der Waals surface area (Å²) in [6, 6.07) is 15.3. The molecule has 0 atom stereocenters. The van der Waals surface area contributed by atoms with E-state index in [4.69, 9.17) is 0 Å². The predicted octanol–water partition coefficient (Wildman–Crippen LogP) is 4.69.